The summed E-state index contributed by atoms with van der Waals surface area (Å²) < 4.78 is 44.1. The molecule has 0 bridgehead atoms. The quantitative estimate of drug-likeness (QED) is 0.830. The van der Waals surface area contributed by atoms with E-state index in [1.54, 1.807) is 6.92 Å². The molecule has 1 fully saturated rings. The third-order valence-corrected chi connectivity index (χ3v) is 3.72. The van der Waals surface area contributed by atoms with Crippen LogP contribution in [-0.2, 0) is 10.9 Å². The normalized spacial score (nSPS) is 16.0. The summed E-state index contributed by atoms with van der Waals surface area (Å²) in [6.45, 7) is 6.19. The van der Waals surface area contributed by atoms with Crippen molar-refractivity contribution in [2.24, 2.45) is 0 Å². The van der Waals surface area contributed by atoms with Crippen LogP contribution >= 0.6 is 0 Å². The van der Waals surface area contributed by atoms with Crippen molar-refractivity contribution in [1.82, 2.24) is 10.2 Å². The summed E-state index contributed by atoms with van der Waals surface area (Å²) in [6, 6.07) is 3.32. The van der Waals surface area contributed by atoms with Gasteiger partial charge < -0.3 is 15.4 Å². The van der Waals surface area contributed by atoms with Gasteiger partial charge in [-0.15, -0.1) is 0 Å². The molecule has 5 nitrogen and oxygen atoms in total. The number of hydrogen-bond acceptors (Lipinski definition) is 4. The molecule has 1 saturated heterocycles. The van der Waals surface area contributed by atoms with Gasteiger partial charge in [0.25, 0.3) is 5.91 Å². The number of nitrogens with zero attached hydrogens (tertiary/aromatic N) is 1. The summed E-state index contributed by atoms with van der Waals surface area (Å²) in [5.74, 6) is -0.506. The van der Waals surface area contributed by atoms with Gasteiger partial charge >= 0.3 is 6.18 Å². The molecule has 0 unspecified atom stereocenters. The third-order valence-electron chi connectivity index (χ3n) is 3.72. The zero-order valence-electron chi connectivity index (χ0n) is 13.6. The maximum atomic E-state index is 13.0. The van der Waals surface area contributed by atoms with Crippen LogP contribution in [0, 0.1) is 0 Å². The van der Waals surface area contributed by atoms with E-state index < -0.39 is 17.6 Å². The molecular formula is C16H22F3N3O2. The van der Waals surface area contributed by atoms with Crippen molar-refractivity contribution in [3.05, 3.63) is 29.3 Å². The number of carbonyl (C=O) groups excluding carboxylic acids is 1. The van der Waals surface area contributed by atoms with Gasteiger partial charge in [0.15, 0.2) is 0 Å². The molecule has 24 heavy (non-hydrogen) atoms. The Hall–Kier alpha value is -1.80. The molecule has 1 aromatic carbocycles. The molecule has 0 atom stereocenters. The molecule has 1 heterocycles. The predicted octanol–water partition coefficient (Wildman–Crippen LogP) is 2.20. The first-order chi connectivity index (χ1) is 11.4. The number of ether oxygens (including phenoxy) is 1. The molecule has 0 spiro atoms. The second kappa shape index (κ2) is 8.34. The van der Waals surface area contributed by atoms with Gasteiger partial charge in [0.2, 0.25) is 0 Å². The Bertz CT molecular complexity index is 558. The molecule has 1 aliphatic rings. The topological polar surface area (TPSA) is 53.6 Å². The first-order valence-electron chi connectivity index (χ1n) is 7.94. The van der Waals surface area contributed by atoms with Crippen LogP contribution < -0.4 is 10.6 Å². The number of carbonyl (C=O) groups is 1. The molecule has 134 valence electrons. The Kier molecular flexibility index (Phi) is 6.44. The summed E-state index contributed by atoms with van der Waals surface area (Å²) in [7, 11) is 0. The van der Waals surface area contributed by atoms with E-state index >= 15 is 0 Å². The molecule has 2 N–H and O–H groups in total. The van der Waals surface area contributed by atoms with Crippen molar-refractivity contribution in [3.63, 3.8) is 0 Å². The number of halogens is 3. The SMILES string of the molecule is CCNc1cc(C(=O)NCCN2CCOCC2)cc(C(F)(F)F)c1. The lowest BCUT2D eigenvalue weighted by atomic mass is 10.1. The van der Waals surface area contributed by atoms with Crippen molar-refractivity contribution >= 4 is 11.6 Å². The Morgan fingerprint density at radius 2 is 1.96 bits per heavy atom. The first kappa shape index (κ1) is 18.5. The van der Waals surface area contributed by atoms with Gasteiger partial charge in [0.1, 0.15) is 0 Å². The summed E-state index contributed by atoms with van der Waals surface area (Å²) in [6.07, 6.45) is -4.49. The molecule has 1 amide bonds. The number of alkyl halides is 3. The maximum Gasteiger partial charge on any atom is 0.416 e. The zero-order valence-corrected chi connectivity index (χ0v) is 13.6. The summed E-state index contributed by atoms with van der Waals surface area (Å²) in [5, 5.41) is 5.50. The monoisotopic (exact) mass is 345 g/mol. The van der Waals surface area contributed by atoms with Gasteiger partial charge in [0, 0.05) is 44.0 Å². The van der Waals surface area contributed by atoms with E-state index in [-0.39, 0.29) is 11.3 Å². The largest absolute Gasteiger partial charge is 0.416 e. The van der Waals surface area contributed by atoms with Crippen LogP contribution in [0.3, 0.4) is 0 Å². The first-order valence-corrected chi connectivity index (χ1v) is 7.94. The van der Waals surface area contributed by atoms with Crippen molar-refractivity contribution in [3.8, 4) is 0 Å². The average Bonchev–Trinajstić information content (AvgIpc) is 2.55. The summed E-state index contributed by atoms with van der Waals surface area (Å²) in [5.41, 5.74) is -0.548. The van der Waals surface area contributed by atoms with Gasteiger partial charge in [-0.25, -0.2) is 0 Å². The fraction of sp³-hybridized carbons (Fsp3) is 0.562. The van der Waals surface area contributed by atoms with Gasteiger partial charge in [-0.3, -0.25) is 9.69 Å². The number of nitrogens with one attached hydrogen (secondary N) is 2. The highest BCUT2D eigenvalue weighted by atomic mass is 19.4. The van der Waals surface area contributed by atoms with Gasteiger partial charge in [-0.2, -0.15) is 13.2 Å². The Morgan fingerprint density at radius 3 is 2.58 bits per heavy atom. The molecule has 8 heteroatoms. The highest BCUT2D eigenvalue weighted by Crippen LogP contribution is 2.32. The zero-order chi connectivity index (χ0) is 17.6. The smallest absolute Gasteiger partial charge is 0.385 e. The van der Waals surface area contributed by atoms with Crippen molar-refractivity contribution in [2.75, 3.05) is 51.3 Å². The van der Waals surface area contributed by atoms with Crippen LogP contribution in [0.2, 0.25) is 0 Å². The summed E-state index contributed by atoms with van der Waals surface area (Å²) >= 11 is 0. The van der Waals surface area contributed by atoms with E-state index in [1.807, 2.05) is 0 Å². The average molecular weight is 345 g/mol. The van der Waals surface area contributed by atoms with Crippen molar-refractivity contribution in [2.45, 2.75) is 13.1 Å². The minimum atomic E-state index is -4.49. The number of hydrogen-bond donors (Lipinski definition) is 2. The van der Waals surface area contributed by atoms with Crippen molar-refractivity contribution < 1.29 is 22.7 Å². The maximum absolute atomic E-state index is 13.0. The van der Waals surface area contributed by atoms with E-state index in [0.717, 1.165) is 25.2 Å². The molecule has 0 radical (unpaired) electrons. The van der Waals surface area contributed by atoms with Gasteiger partial charge in [0.05, 0.1) is 18.8 Å². The second-order valence-corrected chi connectivity index (χ2v) is 5.54. The Morgan fingerprint density at radius 1 is 1.25 bits per heavy atom. The molecule has 0 aliphatic carbocycles. The number of morpholine rings is 1. The standard InChI is InChI=1S/C16H22F3N3O2/c1-2-20-14-10-12(9-13(11-14)16(17,18)19)15(23)21-3-4-22-5-7-24-8-6-22/h9-11,20H,2-8H2,1H3,(H,21,23). The van der Waals surface area contributed by atoms with E-state index in [9.17, 15) is 18.0 Å². The van der Waals surface area contributed by atoms with Crippen LogP contribution in [-0.4, -0.2) is 56.7 Å². The van der Waals surface area contributed by atoms with E-state index in [2.05, 4.69) is 15.5 Å². The van der Waals surface area contributed by atoms with E-state index in [1.165, 1.54) is 6.07 Å². The summed E-state index contributed by atoms with van der Waals surface area (Å²) in [4.78, 5) is 14.3. The van der Waals surface area contributed by atoms with Gasteiger partial charge in [-0.1, -0.05) is 0 Å². The highest BCUT2D eigenvalue weighted by Gasteiger charge is 2.31. The number of rotatable bonds is 6. The van der Waals surface area contributed by atoms with Crippen LogP contribution in [0.25, 0.3) is 0 Å². The minimum Gasteiger partial charge on any atom is -0.385 e. The van der Waals surface area contributed by atoms with Crippen LogP contribution in [0.1, 0.15) is 22.8 Å². The van der Waals surface area contributed by atoms with E-state index in [0.29, 0.717) is 32.8 Å². The lowest BCUT2D eigenvalue weighted by Gasteiger charge is -2.26. The molecule has 0 saturated carbocycles. The molecule has 1 aromatic rings. The second-order valence-electron chi connectivity index (χ2n) is 5.54. The number of amides is 1. The fourth-order valence-corrected chi connectivity index (χ4v) is 2.48. The molecule has 0 aromatic heterocycles. The fourth-order valence-electron chi connectivity index (χ4n) is 2.48. The Balaban J connectivity index is 2.00. The van der Waals surface area contributed by atoms with Crippen molar-refractivity contribution in [1.29, 1.82) is 0 Å². The molecule has 1 aliphatic heterocycles. The minimum absolute atomic E-state index is 0.00255. The highest BCUT2D eigenvalue weighted by molar-refractivity contribution is 5.95. The third kappa shape index (κ3) is 5.38. The molecular weight excluding hydrogens is 323 g/mol. The van der Waals surface area contributed by atoms with Crippen LogP contribution in [0.5, 0.6) is 0 Å². The van der Waals surface area contributed by atoms with Gasteiger partial charge in [-0.05, 0) is 25.1 Å². The number of anilines is 1. The Labute approximate surface area is 139 Å². The number of benzene rings is 1. The van der Waals surface area contributed by atoms with E-state index in [4.69, 9.17) is 4.74 Å². The lowest BCUT2D eigenvalue weighted by molar-refractivity contribution is -0.137. The van der Waals surface area contributed by atoms with Crippen LogP contribution in [0.4, 0.5) is 18.9 Å². The predicted molar refractivity (Wildman–Crippen MR) is 85.2 cm³/mol. The lowest BCUT2D eigenvalue weighted by Crippen LogP contribution is -2.41. The molecule has 2 rings (SSSR count). The van der Waals surface area contributed by atoms with Crippen LogP contribution in [0.15, 0.2) is 18.2 Å².